The number of pyridine rings is 1. The van der Waals surface area contributed by atoms with Gasteiger partial charge in [-0.25, -0.2) is 4.98 Å². The molecule has 3 aromatic rings. The number of fused-ring (bicyclic) bond motifs is 1. The van der Waals surface area contributed by atoms with E-state index in [2.05, 4.69) is 20.5 Å². The molecule has 0 aliphatic heterocycles. The molecule has 3 heterocycles. The molecule has 0 aromatic carbocycles. The predicted octanol–water partition coefficient (Wildman–Crippen LogP) is 3.80. The van der Waals surface area contributed by atoms with Crippen LogP contribution in [0.25, 0.3) is 5.65 Å². The van der Waals surface area contributed by atoms with Crippen LogP contribution in [0.4, 0.5) is 5.13 Å². The lowest BCUT2D eigenvalue weighted by molar-refractivity contribution is 0.102. The van der Waals surface area contributed by atoms with E-state index in [1.165, 1.54) is 30.6 Å². The van der Waals surface area contributed by atoms with E-state index >= 15 is 0 Å². The van der Waals surface area contributed by atoms with Gasteiger partial charge in [0.25, 0.3) is 5.91 Å². The van der Waals surface area contributed by atoms with E-state index in [1.54, 1.807) is 17.7 Å². The number of methoxy groups -OCH3 is 1. The molecule has 1 saturated carbocycles. The van der Waals surface area contributed by atoms with Crippen LogP contribution in [0.5, 0.6) is 5.75 Å². The largest absolute Gasteiger partial charge is 0.493 e. The molecule has 0 saturated heterocycles. The van der Waals surface area contributed by atoms with Crippen LogP contribution in [0.1, 0.15) is 59.2 Å². The van der Waals surface area contributed by atoms with Crippen LogP contribution in [0.15, 0.2) is 18.3 Å². The molecule has 7 nitrogen and oxygen atoms in total. The van der Waals surface area contributed by atoms with Crippen LogP contribution in [-0.2, 0) is 0 Å². The van der Waals surface area contributed by atoms with E-state index in [1.807, 2.05) is 19.1 Å². The Morgan fingerprint density at radius 2 is 2.12 bits per heavy atom. The van der Waals surface area contributed by atoms with E-state index < -0.39 is 0 Å². The van der Waals surface area contributed by atoms with Crippen molar-refractivity contribution >= 4 is 28.0 Å². The zero-order valence-corrected chi connectivity index (χ0v) is 15.7. The van der Waals surface area contributed by atoms with Gasteiger partial charge in [0.1, 0.15) is 10.7 Å². The van der Waals surface area contributed by atoms with Crippen molar-refractivity contribution < 1.29 is 9.53 Å². The van der Waals surface area contributed by atoms with Gasteiger partial charge < -0.3 is 4.74 Å². The van der Waals surface area contributed by atoms with Crippen molar-refractivity contribution in [1.82, 2.24) is 19.6 Å². The Bertz CT molecular complexity index is 942. The van der Waals surface area contributed by atoms with E-state index in [9.17, 15) is 4.79 Å². The molecule has 1 amide bonds. The molecule has 8 heteroatoms. The van der Waals surface area contributed by atoms with Gasteiger partial charge in [0.05, 0.1) is 12.8 Å². The van der Waals surface area contributed by atoms with Crippen molar-refractivity contribution in [3.8, 4) is 5.75 Å². The number of rotatable bonds is 4. The second kappa shape index (κ2) is 7.03. The van der Waals surface area contributed by atoms with Crippen molar-refractivity contribution in [2.45, 2.75) is 44.9 Å². The van der Waals surface area contributed by atoms with Crippen molar-refractivity contribution in [3.63, 3.8) is 0 Å². The normalized spacial score (nSPS) is 15.3. The van der Waals surface area contributed by atoms with Crippen LogP contribution in [0.3, 0.4) is 0 Å². The smallest absolute Gasteiger partial charge is 0.276 e. The first-order valence-corrected chi connectivity index (χ1v) is 9.65. The zero-order chi connectivity index (χ0) is 18.1. The summed E-state index contributed by atoms with van der Waals surface area (Å²) in [5, 5.41) is 12.9. The third-order valence-electron chi connectivity index (χ3n) is 4.84. The van der Waals surface area contributed by atoms with Crippen molar-refractivity contribution in [2.24, 2.45) is 0 Å². The molecule has 26 heavy (non-hydrogen) atoms. The third-order valence-corrected chi connectivity index (χ3v) is 5.84. The average molecular weight is 371 g/mol. The molecule has 1 N–H and O–H groups in total. The number of hydrogen-bond acceptors (Lipinski definition) is 6. The minimum atomic E-state index is -0.241. The lowest BCUT2D eigenvalue weighted by atomic mass is 9.90. The highest BCUT2D eigenvalue weighted by atomic mass is 32.1. The molecule has 0 unspecified atom stereocenters. The first kappa shape index (κ1) is 17.0. The fourth-order valence-corrected chi connectivity index (χ4v) is 4.45. The zero-order valence-electron chi connectivity index (χ0n) is 14.9. The van der Waals surface area contributed by atoms with Gasteiger partial charge in [0.15, 0.2) is 11.4 Å². The number of nitrogens with zero attached hydrogens (tertiary/aromatic N) is 4. The number of ether oxygens (including phenoxy) is 1. The number of amides is 1. The standard InChI is InChI=1S/C18H21N5O2S/c1-11-14(23-10-6-9-13(25-2)15(23)19-11)16(24)20-18-22-21-17(26-18)12-7-4-3-5-8-12/h6,9-10,12H,3-5,7-8H2,1-2H3,(H,20,22,24). The molecule has 0 atom stereocenters. The minimum Gasteiger partial charge on any atom is -0.493 e. The number of carbonyl (C=O) groups is 1. The summed E-state index contributed by atoms with van der Waals surface area (Å²) in [5.74, 6) is 0.869. The second-order valence-corrected chi connectivity index (χ2v) is 7.56. The van der Waals surface area contributed by atoms with Crippen molar-refractivity contribution in [2.75, 3.05) is 12.4 Å². The summed E-state index contributed by atoms with van der Waals surface area (Å²) in [6, 6.07) is 3.65. The molecule has 3 aromatic heterocycles. The molecule has 4 rings (SSSR count). The topological polar surface area (TPSA) is 81.4 Å². The van der Waals surface area contributed by atoms with Crippen LogP contribution in [0.2, 0.25) is 0 Å². The third kappa shape index (κ3) is 3.05. The highest BCUT2D eigenvalue weighted by Crippen LogP contribution is 2.35. The van der Waals surface area contributed by atoms with Crippen LogP contribution in [-0.4, -0.2) is 32.6 Å². The number of imidazole rings is 1. The van der Waals surface area contributed by atoms with E-state index in [0.717, 1.165) is 17.8 Å². The first-order chi connectivity index (χ1) is 12.7. The maximum Gasteiger partial charge on any atom is 0.276 e. The van der Waals surface area contributed by atoms with Crippen molar-refractivity contribution in [3.05, 3.63) is 34.7 Å². The summed E-state index contributed by atoms with van der Waals surface area (Å²) in [6.45, 7) is 1.81. The fraction of sp³-hybridized carbons (Fsp3) is 0.444. The Hall–Kier alpha value is -2.48. The van der Waals surface area contributed by atoms with Gasteiger partial charge in [0, 0.05) is 12.1 Å². The minimum absolute atomic E-state index is 0.241. The number of aromatic nitrogens is 4. The molecule has 1 aliphatic carbocycles. The number of nitrogens with one attached hydrogen (secondary N) is 1. The van der Waals surface area contributed by atoms with Gasteiger partial charge in [-0.15, -0.1) is 10.2 Å². The summed E-state index contributed by atoms with van der Waals surface area (Å²) in [7, 11) is 1.59. The Morgan fingerprint density at radius 1 is 1.31 bits per heavy atom. The molecule has 0 spiro atoms. The summed E-state index contributed by atoms with van der Waals surface area (Å²) < 4.78 is 7.07. The second-order valence-electron chi connectivity index (χ2n) is 6.55. The van der Waals surface area contributed by atoms with E-state index in [-0.39, 0.29) is 5.91 Å². The average Bonchev–Trinajstić information content (AvgIpc) is 3.25. The highest BCUT2D eigenvalue weighted by molar-refractivity contribution is 7.15. The van der Waals surface area contributed by atoms with Crippen molar-refractivity contribution in [1.29, 1.82) is 0 Å². The summed E-state index contributed by atoms with van der Waals surface area (Å²) >= 11 is 1.48. The maximum atomic E-state index is 12.8. The highest BCUT2D eigenvalue weighted by Gasteiger charge is 2.22. The molecular formula is C18H21N5O2S. The van der Waals surface area contributed by atoms with Gasteiger partial charge in [0.2, 0.25) is 5.13 Å². The lowest BCUT2D eigenvalue weighted by Crippen LogP contribution is -2.15. The predicted molar refractivity (Wildman–Crippen MR) is 100 cm³/mol. The van der Waals surface area contributed by atoms with Crippen LogP contribution < -0.4 is 10.1 Å². The Morgan fingerprint density at radius 3 is 2.88 bits per heavy atom. The summed E-state index contributed by atoms with van der Waals surface area (Å²) in [6.07, 6.45) is 7.92. The molecule has 0 bridgehead atoms. The van der Waals surface area contributed by atoms with Crippen LogP contribution in [0, 0.1) is 6.92 Å². The SMILES string of the molecule is COc1cccn2c(C(=O)Nc3nnc(C4CCCCC4)s3)c(C)nc12. The summed E-state index contributed by atoms with van der Waals surface area (Å²) in [4.78, 5) is 17.3. The molecule has 1 fully saturated rings. The summed E-state index contributed by atoms with van der Waals surface area (Å²) in [5.41, 5.74) is 1.75. The number of hydrogen-bond donors (Lipinski definition) is 1. The van der Waals surface area contributed by atoms with E-state index in [4.69, 9.17) is 4.74 Å². The molecule has 0 radical (unpaired) electrons. The molecule has 136 valence electrons. The number of carbonyl (C=O) groups excluding carboxylic acids is 1. The monoisotopic (exact) mass is 371 g/mol. The van der Waals surface area contributed by atoms with E-state index in [0.29, 0.717) is 33.8 Å². The Balaban J connectivity index is 1.58. The van der Waals surface area contributed by atoms with Gasteiger partial charge in [-0.2, -0.15) is 0 Å². The first-order valence-electron chi connectivity index (χ1n) is 8.84. The molecular weight excluding hydrogens is 350 g/mol. The fourth-order valence-electron chi connectivity index (χ4n) is 3.54. The van der Waals surface area contributed by atoms with Crippen LogP contribution >= 0.6 is 11.3 Å². The number of anilines is 1. The van der Waals surface area contributed by atoms with Gasteiger partial charge in [-0.3, -0.25) is 14.5 Å². The number of aryl methyl sites for hydroxylation is 1. The lowest BCUT2D eigenvalue weighted by Gasteiger charge is -2.18. The Labute approximate surface area is 155 Å². The van der Waals surface area contributed by atoms with Gasteiger partial charge >= 0.3 is 0 Å². The quantitative estimate of drug-likeness (QED) is 0.754. The maximum absolute atomic E-state index is 12.8. The van der Waals surface area contributed by atoms with Gasteiger partial charge in [-0.1, -0.05) is 30.6 Å². The Kier molecular flexibility index (Phi) is 4.58. The molecule has 1 aliphatic rings. The van der Waals surface area contributed by atoms with Gasteiger partial charge in [-0.05, 0) is 31.9 Å².